The third kappa shape index (κ3) is 1.59. The van der Waals surface area contributed by atoms with Gasteiger partial charge in [0.25, 0.3) is 0 Å². The van der Waals surface area contributed by atoms with E-state index in [0.717, 1.165) is 19.4 Å². The normalized spacial score (nSPS) is 14.6. The zero-order valence-electron chi connectivity index (χ0n) is 12.4. The maximum Gasteiger partial charge on any atom is 0.0486 e. The van der Waals surface area contributed by atoms with Gasteiger partial charge in [-0.15, -0.1) is 0 Å². The van der Waals surface area contributed by atoms with Crippen LogP contribution in [0.25, 0.3) is 11.1 Å². The summed E-state index contributed by atoms with van der Waals surface area (Å²) in [6.45, 7) is 1.09. The lowest BCUT2D eigenvalue weighted by atomic mass is 10.0. The maximum atomic E-state index is 2.50. The van der Waals surface area contributed by atoms with Crippen molar-refractivity contribution < 1.29 is 0 Å². The summed E-state index contributed by atoms with van der Waals surface area (Å²) in [5.74, 6) is 0. The van der Waals surface area contributed by atoms with Gasteiger partial charge in [-0.25, -0.2) is 0 Å². The Morgan fingerprint density at radius 3 is 2.41 bits per heavy atom. The molecule has 0 saturated heterocycles. The van der Waals surface area contributed by atoms with Crippen LogP contribution in [0.3, 0.4) is 0 Å². The fourth-order valence-electron chi connectivity index (χ4n) is 3.99. The molecule has 0 radical (unpaired) electrons. The Labute approximate surface area is 130 Å². The van der Waals surface area contributed by atoms with E-state index in [4.69, 9.17) is 0 Å². The summed E-state index contributed by atoms with van der Waals surface area (Å²) in [6.07, 6.45) is 2.21. The summed E-state index contributed by atoms with van der Waals surface area (Å²) >= 11 is 0. The van der Waals surface area contributed by atoms with Gasteiger partial charge in [-0.2, -0.15) is 0 Å². The van der Waals surface area contributed by atoms with E-state index < -0.39 is 0 Å². The number of para-hydroxylation sites is 1. The minimum atomic E-state index is 1.07. The third-order valence-corrected chi connectivity index (χ3v) is 4.98. The van der Waals surface area contributed by atoms with Crippen LogP contribution in [0.15, 0.2) is 66.7 Å². The van der Waals surface area contributed by atoms with E-state index in [2.05, 4.69) is 71.6 Å². The fraction of sp³-hybridized carbons (Fsp3) is 0.143. The molecule has 3 aromatic carbocycles. The van der Waals surface area contributed by atoms with Crippen molar-refractivity contribution in [1.82, 2.24) is 0 Å². The molecule has 3 aromatic rings. The Hall–Kier alpha value is -2.54. The smallest absolute Gasteiger partial charge is 0.0486 e. The number of hydrogen-bond acceptors (Lipinski definition) is 1. The van der Waals surface area contributed by atoms with E-state index in [1.165, 1.54) is 39.2 Å². The third-order valence-electron chi connectivity index (χ3n) is 4.98. The summed E-state index contributed by atoms with van der Waals surface area (Å²) < 4.78 is 0. The first-order valence-corrected chi connectivity index (χ1v) is 7.97. The number of hydrogen-bond donors (Lipinski definition) is 0. The van der Waals surface area contributed by atoms with Crippen LogP contribution in [0.4, 0.5) is 11.4 Å². The largest absolute Gasteiger partial charge is 0.341 e. The zero-order chi connectivity index (χ0) is 14.5. The second-order valence-corrected chi connectivity index (χ2v) is 6.17. The van der Waals surface area contributed by atoms with Crippen molar-refractivity contribution in [2.24, 2.45) is 0 Å². The summed E-state index contributed by atoms with van der Waals surface area (Å²) in [4.78, 5) is 2.50. The summed E-state index contributed by atoms with van der Waals surface area (Å²) in [6, 6.07) is 24.3. The number of fused-ring (bicyclic) bond motifs is 5. The minimum absolute atomic E-state index is 1.07. The van der Waals surface area contributed by atoms with Crippen LogP contribution in [-0.2, 0) is 12.8 Å². The predicted molar refractivity (Wildman–Crippen MR) is 91.8 cm³/mol. The van der Waals surface area contributed by atoms with Crippen LogP contribution in [0, 0.1) is 0 Å². The Kier molecular flexibility index (Phi) is 2.45. The molecule has 1 heteroatoms. The first-order chi connectivity index (χ1) is 10.9. The molecule has 106 valence electrons. The standard InChI is InChI=1S/C21H17N/c1-2-7-17(8-3-1)22-13-12-15-10-11-19-18-9-5-4-6-16(18)14-20(19)21(15)22/h1-11H,12-14H2. The predicted octanol–water partition coefficient (Wildman–Crippen LogP) is 4.95. The number of rotatable bonds is 1. The average molecular weight is 283 g/mol. The molecule has 0 saturated carbocycles. The Bertz CT molecular complexity index is 864. The SMILES string of the molecule is c1ccc(N2CCc3ccc4c(c32)Cc2ccccc2-4)cc1. The van der Waals surface area contributed by atoms with Gasteiger partial charge in [-0.3, -0.25) is 0 Å². The van der Waals surface area contributed by atoms with Crippen molar-refractivity contribution in [3.63, 3.8) is 0 Å². The van der Waals surface area contributed by atoms with Gasteiger partial charge >= 0.3 is 0 Å². The van der Waals surface area contributed by atoms with E-state index in [1.54, 1.807) is 0 Å². The molecule has 0 spiro atoms. The second-order valence-electron chi connectivity index (χ2n) is 6.17. The van der Waals surface area contributed by atoms with Gasteiger partial charge in [-0.1, -0.05) is 54.6 Å². The molecule has 0 bridgehead atoms. The van der Waals surface area contributed by atoms with Crippen LogP contribution >= 0.6 is 0 Å². The van der Waals surface area contributed by atoms with Crippen molar-refractivity contribution in [3.8, 4) is 11.1 Å². The first kappa shape index (κ1) is 12.0. The van der Waals surface area contributed by atoms with Gasteiger partial charge in [0, 0.05) is 24.3 Å². The van der Waals surface area contributed by atoms with Crippen molar-refractivity contribution in [2.45, 2.75) is 12.8 Å². The van der Waals surface area contributed by atoms with Gasteiger partial charge in [0.15, 0.2) is 0 Å². The Morgan fingerprint density at radius 2 is 1.50 bits per heavy atom. The molecule has 0 amide bonds. The fourth-order valence-corrected chi connectivity index (χ4v) is 3.99. The quantitative estimate of drug-likeness (QED) is 0.477. The topological polar surface area (TPSA) is 3.24 Å². The van der Waals surface area contributed by atoms with Gasteiger partial charge in [0.05, 0.1) is 0 Å². The summed E-state index contributed by atoms with van der Waals surface area (Å²) in [7, 11) is 0. The van der Waals surface area contributed by atoms with Gasteiger partial charge in [0.2, 0.25) is 0 Å². The zero-order valence-corrected chi connectivity index (χ0v) is 12.4. The van der Waals surface area contributed by atoms with E-state index in [1.807, 2.05) is 0 Å². The lowest BCUT2D eigenvalue weighted by Crippen LogP contribution is -2.14. The van der Waals surface area contributed by atoms with Gasteiger partial charge < -0.3 is 4.90 Å². The number of benzene rings is 3. The molecule has 0 unspecified atom stereocenters. The highest BCUT2D eigenvalue weighted by Crippen LogP contribution is 2.46. The van der Waals surface area contributed by atoms with Crippen LogP contribution in [0.1, 0.15) is 16.7 Å². The van der Waals surface area contributed by atoms with Crippen molar-refractivity contribution >= 4 is 11.4 Å². The van der Waals surface area contributed by atoms with Crippen molar-refractivity contribution in [2.75, 3.05) is 11.4 Å². The van der Waals surface area contributed by atoms with Crippen LogP contribution in [0.2, 0.25) is 0 Å². The molecule has 22 heavy (non-hydrogen) atoms. The second kappa shape index (κ2) is 4.48. The van der Waals surface area contributed by atoms with E-state index in [9.17, 15) is 0 Å². The number of anilines is 2. The lowest BCUT2D eigenvalue weighted by Gasteiger charge is -2.22. The van der Waals surface area contributed by atoms with Crippen LogP contribution < -0.4 is 4.90 Å². The molecular weight excluding hydrogens is 266 g/mol. The molecule has 1 nitrogen and oxygen atoms in total. The first-order valence-electron chi connectivity index (χ1n) is 7.97. The molecule has 2 aliphatic rings. The van der Waals surface area contributed by atoms with E-state index in [0.29, 0.717) is 0 Å². The molecular formula is C21H17N. The molecule has 0 atom stereocenters. The highest BCUT2D eigenvalue weighted by molar-refractivity contribution is 5.86. The Balaban J connectivity index is 1.71. The molecule has 0 aromatic heterocycles. The molecule has 0 N–H and O–H groups in total. The molecule has 1 aliphatic carbocycles. The van der Waals surface area contributed by atoms with Crippen LogP contribution in [-0.4, -0.2) is 6.54 Å². The van der Waals surface area contributed by atoms with E-state index >= 15 is 0 Å². The van der Waals surface area contributed by atoms with Crippen LogP contribution in [0.5, 0.6) is 0 Å². The minimum Gasteiger partial charge on any atom is -0.341 e. The summed E-state index contributed by atoms with van der Waals surface area (Å²) in [5, 5.41) is 0. The average Bonchev–Trinajstić information content (AvgIpc) is 3.16. The van der Waals surface area contributed by atoms with Gasteiger partial charge in [-0.05, 0) is 46.4 Å². The molecule has 5 rings (SSSR count). The van der Waals surface area contributed by atoms with Crippen molar-refractivity contribution in [1.29, 1.82) is 0 Å². The monoisotopic (exact) mass is 283 g/mol. The summed E-state index contributed by atoms with van der Waals surface area (Å²) in [5.41, 5.74) is 10.1. The van der Waals surface area contributed by atoms with E-state index in [-0.39, 0.29) is 0 Å². The molecule has 1 aliphatic heterocycles. The highest BCUT2D eigenvalue weighted by Gasteiger charge is 2.29. The maximum absolute atomic E-state index is 2.50. The lowest BCUT2D eigenvalue weighted by molar-refractivity contribution is 0.995. The number of nitrogens with zero attached hydrogens (tertiary/aromatic N) is 1. The Morgan fingerprint density at radius 1 is 0.682 bits per heavy atom. The van der Waals surface area contributed by atoms with Gasteiger partial charge in [0.1, 0.15) is 0 Å². The molecule has 0 fully saturated rings. The van der Waals surface area contributed by atoms with Crippen molar-refractivity contribution in [3.05, 3.63) is 83.4 Å². The highest BCUT2D eigenvalue weighted by atomic mass is 15.2. The molecule has 1 heterocycles.